The molecular formula is C18H19F2NO4. The summed E-state index contributed by atoms with van der Waals surface area (Å²) in [4.78, 5) is 12.3. The number of amides is 1. The molecule has 0 saturated carbocycles. The Kier molecular flexibility index (Phi) is 7.16. The van der Waals surface area contributed by atoms with Crippen molar-refractivity contribution in [1.29, 1.82) is 0 Å². The number of carbonyl (C=O) groups excluding carboxylic acids is 1. The lowest BCUT2D eigenvalue weighted by Crippen LogP contribution is -2.23. The van der Waals surface area contributed by atoms with E-state index in [4.69, 9.17) is 9.47 Å². The molecule has 0 atom stereocenters. The summed E-state index contributed by atoms with van der Waals surface area (Å²) in [6.45, 7) is -2.04. The van der Waals surface area contributed by atoms with Crippen LogP contribution in [0.5, 0.6) is 11.5 Å². The molecular weight excluding hydrogens is 332 g/mol. The third-order valence-corrected chi connectivity index (χ3v) is 3.28. The monoisotopic (exact) mass is 351 g/mol. The van der Waals surface area contributed by atoms with Gasteiger partial charge in [0.25, 0.3) is 5.91 Å². The summed E-state index contributed by atoms with van der Waals surface area (Å²) in [7, 11) is 1.57. The molecule has 0 radical (unpaired) electrons. The summed E-state index contributed by atoms with van der Waals surface area (Å²) in [5.74, 6) is 0.240. The van der Waals surface area contributed by atoms with Crippen molar-refractivity contribution in [3.63, 3.8) is 0 Å². The van der Waals surface area contributed by atoms with Crippen LogP contribution in [0.25, 0.3) is 0 Å². The Bertz CT molecular complexity index is 694. The third-order valence-electron chi connectivity index (χ3n) is 3.28. The first kappa shape index (κ1) is 18.7. The van der Waals surface area contributed by atoms with Gasteiger partial charge in [-0.05, 0) is 24.3 Å². The second-order valence-corrected chi connectivity index (χ2v) is 5.04. The average Bonchev–Trinajstić information content (AvgIpc) is 2.61. The van der Waals surface area contributed by atoms with Crippen LogP contribution >= 0.6 is 0 Å². The van der Waals surface area contributed by atoms with Gasteiger partial charge in [0.15, 0.2) is 0 Å². The Morgan fingerprint density at radius 3 is 2.68 bits per heavy atom. The fourth-order valence-corrected chi connectivity index (χ4v) is 2.11. The van der Waals surface area contributed by atoms with Gasteiger partial charge < -0.3 is 19.5 Å². The summed E-state index contributed by atoms with van der Waals surface area (Å²) in [6.07, 6.45) is 0. The molecule has 5 nitrogen and oxygen atoms in total. The van der Waals surface area contributed by atoms with Crippen LogP contribution in [0.15, 0.2) is 48.5 Å². The van der Waals surface area contributed by atoms with E-state index >= 15 is 0 Å². The van der Waals surface area contributed by atoms with Gasteiger partial charge in [-0.3, -0.25) is 4.79 Å². The predicted octanol–water partition coefficient (Wildman–Crippen LogP) is 3.24. The molecule has 0 aliphatic carbocycles. The number of benzene rings is 2. The number of hydrogen-bond donors (Lipinski definition) is 1. The molecule has 2 aromatic carbocycles. The smallest absolute Gasteiger partial charge is 0.387 e. The van der Waals surface area contributed by atoms with E-state index in [2.05, 4.69) is 10.1 Å². The van der Waals surface area contributed by atoms with Gasteiger partial charge in [-0.2, -0.15) is 8.78 Å². The van der Waals surface area contributed by atoms with Crippen LogP contribution in [-0.4, -0.2) is 32.8 Å². The van der Waals surface area contributed by atoms with Crippen LogP contribution < -0.4 is 14.8 Å². The number of ether oxygens (including phenoxy) is 3. The fourth-order valence-electron chi connectivity index (χ4n) is 2.11. The predicted molar refractivity (Wildman–Crippen MR) is 88.1 cm³/mol. The molecule has 0 aromatic heterocycles. The van der Waals surface area contributed by atoms with E-state index in [1.807, 2.05) is 0 Å². The summed E-state index contributed by atoms with van der Waals surface area (Å²) in [5, 5.41) is 2.68. The standard InChI is InChI=1S/C18H19F2NO4/c1-23-9-10-24-15-7-4-6-13(11-15)17(22)21-12-14-5-2-3-8-16(14)25-18(19)20/h2-8,11,18H,9-10,12H2,1H3,(H,21,22). The van der Waals surface area contributed by atoms with Crippen molar-refractivity contribution in [3.8, 4) is 11.5 Å². The highest BCUT2D eigenvalue weighted by atomic mass is 19.3. The Balaban J connectivity index is 1.97. The van der Waals surface area contributed by atoms with E-state index in [1.165, 1.54) is 6.07 Å². The zero-order valence-electron chi connectivity index (χ0n) is 13.7. The second kappa shape index (κ2) is 9.58. The molecule has 1 amide bonds. The summed E-state index contributed by atoms with van der Waals surface area (Å²) >= 11 is 0. The van der Waals surface area contributed by atoms with Crippen LogP contribution in [0, 0.1) is 0 Å². The number of methoxy groups -OCH3 is 1. The summed E-state index contributed by atoms with van der Waals surface area (Å²) < 4.78 is 39.6. The van der Waals surface area contributed by atoms with E-state index in [-0.39, 0.29) is 18.2 Å². The molecule has 0 aliphatic heterocycles. The van der Waals surface area contributed by atoms with Crippen LogP contribution in [0.4, 0.5) is 8.78 Å². The zero-order chi connectivity index (χ0) is 18.1. The maximum Gasteiger partial charge on any atom is 0.387 e. The molecule has 0 heterocycles. The van der Waals surface area contributed by atoms with Crippen LogP contribution in [0.2, 0.25) is 0 Å². The summed E-state index contributed by atoms with van der Waals surface area (Å²) in [5.41, 5.74) is 0.867. The van der Waals surface area contributed by atoms with E-state index in [9.17, 15) is 13.6 Å². The zero-order valence-corrected chi connectivity index (χ0v) is 13.7. The molecule has 25 heavy (non-hydrogen) atoms. The lowest BCUT2D eigenvalue weighted by molar-refractivity contribution is -0.0504. The highest BCUT2D eigenvalue weighted by Gasteiger charge is 2.11. The molecule has 0 bridgehead atoms. The van der Waals surface area contributed by atoms with Gasteiger partial charge in [-0.15, -0.1) is 0 Å². The van der Waals surface area contributed by atoms with Crippen molar-refractivity contribution < 1.29 is 27.8 Å². The molecule has 0 saturated heterocycles. The molecule has 2 rings (SSSR count). The Labute approximate surface area is 144 Å². The van der Waals surface area contributed by atoms with Gasteiger partial charge in [-0.1, -0.05) is 24.3 Å². The SMILES string of the molecule is COCCOc1cccc(C(=O)NCc2ccccc2OC(F)F)c1. The van der Waals surface area contributed by atoms with Crippen molar-refractivity contribution in [2.75, 3.05) is 20.3 Å². The van der Waals surface area contributed by atoms with Gasteiger partial charge in [0.05, 0.1) is 6.61 Å². The molecule has 2 aromatic rings. The van der Waals surface area contributed by atoms with Crippen molar-refractivity contribution in [2.45, 2.75) is 13.2 Å². The first-order valence-corrected chi connectivity index (χ1v) is 7.63. The quantitative estimate of drug-likeness (QED) is 0.705. The van der Waals surface area contributed by atoms with Gasteiger partial charge >= 0.3 is 6.61 Å². The molecule has 0 aliphatic rings. The highest BCUT2D eigenvalue weighted by molar-refractivity contribution is 5.94. The van der Waals surface area contributed by atoms with Crippen LogP contribution in [-0.2, 0) is 11.3 Å². The Morgan fingerprint density at radius 1 is 1.12 bits per heavy atom. The maximum atomic E-state index is 12.4. The van der Waals surface area contributed by atoms with E-state index in [1.54, 1.807) is 49.6 Å². The second-order valence-electron chi connectivity index (χ2n) is 5.04. The number of alkyl halides is 2. The minimum absolute atomic E-state index is 0.0365. The minimum Gasteiger partial charge on any atom is -0.491 e. The maximum absolute atomic E-state index is 12.4. The topological polar surface area (TPSA) is 56.8 Å². The highest BCUT2D eigenvalue weighted by Crippen LogP contribution is 2.20. The third kappa shape index (κ3) is 6.04. The van der Waals surface area contributed by atoms with Gasteiger partial charge in [0.1, 0.15) is 18.1 Å². The van der Waals surface area contributed by atoms with E-state index in [0.717, 1.165) is 0 Å². The van der Waals surface area contributed by atoms with Gasteiger partial charge in [-0.25, -0.2) is 0 Å². The lowest BCUT2D eigenvalue weighted by atomic mass is 10.1. The van der Waals surface area contributed by atoms with Crippen molar-refractivity contribution in [2.24, 2.45) is 0 Å². The number of rotatable bonds is 9. The first-order valence-electron chi connectivity index (χ1n) is 7.63. The van der Waals surface area contributed by atoms with Crippen molar-refractivity contribution in [3.05, 3.63) is 59.7 Å². The average molecular weight is 351 g/mol. The minimum atomic E-state index is -2.92. The largest absolute Gasteiger partial charge is 0.491 e. The van der Waals surface area contributed by atoms with E-state index < -0.39 is 6.61 Å². The Hall–Kier alpha value is -2.67. The number of carbonyl (C=O) groups is 1. The van der Waals surface area contributed by atoms with E-state index in [0.29, 0.717) is 30.1 Å². The number of nitrogens with one attached hydrogen (secondary N) is 1. The van der Waals surface area contributed by atoms with Crippen molar-refractivity contribution in [1.82, 2.24) is 5.32 Å². The summed E-state index contributed by atoms with van der Waals surface area (Å²) in [6, 6.07) is 13.0. The first-order chi connectivity index (χ1) is 12.1. The molecule has 0 spiro atoms. The normalized spacial score (nSPS) is 10.6. The van der Waals surface area contributed by atoms with Crippen LogP contribution in [0.1, 0.15) is 15.9 Å². The molecule has 7 heteroatoms. The van der Waals surface area contributed by atoms with Gasteiger partial charge in [0, 0.05) is 24.8 Å². The molecule has 0 unspecified atom stereocenters. The lowest BCUT2D eigenvalue weighted by Gasteiger charge is -2.12. The molecule has 0 fully saturated rings. The number of halogens is 2. The van der Waals surface area contributed by atoms with Crippen molar-refractivity contribution >= 4 is 5.91 Å². The fraction of sp³-hybridized carbons (Fsp3) is 0.278. The Morgan fingerprint density at radius 2 is 1.92 bits per heavy atom. The number of para-hydroxylation sites is 1. The molecule has 1 N–H and O–H groups in total. The van der Waals surface area contributed by atoms with Gasteiger partial charge in [0.2, 0.25) is 0 Å². The van der Waals surface area contributed by atoms with Crippen LogP contribution in [0.3, 0.4) is 0 Å². The number of hydrogen-bond acceptors (Lipinski definition) is 4. The molecule has 134 valence electrons.